The molecule has 0 saturated carbocycles. The minimum absolute atomic E-state index is 0.0717. The van der Waals surface area contributed by atoms with Gasteiger partial charge in [0.1, 0.15) is 5.25 Å². The molecule has 2 N–H and O–H groups in total. The molecular formula is C15H16N4O6S2. The minimum Gasteiger partial charge on any atom is -0.481 e. The van der Waals surface area contributed by atoms with E-state index in [1.165, 1.54) is 31.4 Å². The van der Waals surface area contributed by atoms with E-state index in [2.05, 4.69) is 20.0 Å². The molecule has 144 valence electrons. The summed E-state index contributed by atoms with van der Waals surface area (Å²) in [4.78, 5) is 31.4. The van der Waals surface area contributed by atoms with Gasteiger partial charge in [-0.3, -0.25) is 5.32 Å². The second kappa shape index (κ2) is 8.22. The van der Waals surface area contributed by atoms with Crippen LogP contribution < -0.4 is 14.8 Å². The number of hydrogen-bond donors (Lipinski definition) is 2. The van der Waals surface area contributed by atoms with Crippen molar-refractivity contribution < 1.29 is 27.5 Å². The van der Waals surface area contributed by atoms with E-state index >= 15 is 0 Å². The average Bonchev–Trinajstić information content (AvgIpc) is 2.59. The number of carbonyl (C=O) groups is 2. The SMILES string of the molecule is COC(=O)C1=CC=CC(S(=O)(=O)NC(=O)Nc2nc(C)cc(OC)n2)C1=S. The molecule has 0 aromatic carbocycles. The second-order valence-electron chi connectivity index (χ2n) is 5.22. The summed E-state index contributed by atoms with van der Waals surface area (Å²) in [5.74, 6) is -0.712. The van der Waals surface area contributed by atoms with Crippen LogP contribution in [0.4, 0.5) is 10.7 Å². The zero-order valence-corrected chi connectivity index (χ0v) is 16.2. The molecule has 1 unspecified atom stereocenters. The molecule has 1 atom stereocenters. The van der Waals surface area contributed by atoms with Crippen LogP contribution in [0.2, 0.25) is 0 Å². The van der Waals surface area contributed by atoms with Gasteiger partial charge in [0.25, 0.3) is 0 Å². The van der Waals surface area contributed by atoms with Crippen LogP contribution in [-0.2, 0) is 19.6 Å². The van der Waals surface area contributed by atoms with Crippen LogP contribution in [0.1, 0.15) is 5.69 Å². The van der Waals surface area contributed by atoms with E-state index in [0.29, 0.717) is 5.69 Å². The molecule has 1 aromatic rings. The molecule has 2 rings (SSSR count). The van der Waals surface area contributed by atoms with Gasteiger partial charge in [-0.1, -0.05) is 24.4 Å². The van der Waals surface area contributed by atoms with Crippen molar-refractivity contribution in [2.24, 2.45) is 0 Å². The normalized spacial score (nSPS) is 16.3. The molecule has 0 radical (unpaired) electrons. The van der Waals surface area contributed by atoms with Gasteiger partial charge in [-0.2, -0.15) is 4.98 Å². The van der Waals surface area contributed by atoms with Crippen molar-refractivity contribution in [3.63, 3.8) is 0 Å². The van der Waals surface area contributed by atoms with Gasteiger partial charge < -0.3 is 9.47 Å². The van der Waals surface area contributed by atoms with Gasteiger partial charge in [0.05, 0.1) is 24.7 Å². The number of urea groups is 1. The van der Waals surface area contributed by atoms with Gasteiger partial charge in [0, 0.05) is 11.8 Å². The fourth-order valence-corrected chi connectivity index (χ4v) is 3.87. The van der Waals surface area contributed by atoms with Gasteiger partial charge in [0.2, 0.25) is 21.9 Å². The highest BCUT2D eigenvalue weighted by Gasteiger charge is 2.34. The molecule has 0 fully saturated rings. The lowest BCUT2D eigenvalue weighted by Crippen LogP contribution is -2.44. The number of rotatable bonds is 5. The fraction of sp³-hybridized carbons (Fsp3) is 0.267. The number of thiocarbonyl (C=S) groups is 1. The van der Waals surface area contributed by atoms with Crippen LogP contribution in [0.15, 0.2) is 29.9 Å². The summed E-state index contributed by atoms with van der Waals surface area (Å²) < 4.78 is 36.3. The maximum Gasteiger partial charge on any atom is 0.339 e. The molecule has 2 amide bonds. The predicted molar refractivity (Wildman–Crippen MR) is 100 cm³/mol. The second-order valence-corrected chi connectivity index (χ2v) is 7.46. The van der Waals surface area contributed by atoms with Crippen molar-refractivity contribution in [2.45, 2.75) is 12.2 Å². The lowest BCUT2D eigenvalue weighted by atomic mass is 10.0. The number of hydrogen-bond acceptors (Lipinski definition) is 9. The maximum absolute atomic E-state index is 12.5. The number of nitrogens with one attached hydrogen (secondary N) is 2. The maximum atomic E-state index is 12.5. The first kappa shape index (κ1) is 20.5. The highest BCUT2D eigenvalue weighted by molar-refractivity contribution is 7.93. The number of allylic oxidation sites excluding steroid dienone is 2. The van der Waals surface area contributed by atoms with Crippen molar-refractivity contribution in [2.75, 3.05) is 19.5 Å². The Balaban J connectivity index is 2.14. The quantitative estimate of drug-likeness (QED) is 0.527. The summed E-state index contributed by atoms with van der Waals surface area (Å²) >= 11 is 5.06. The summed E-state index contributed by atoms with van der Waals surface area (Å²) in [5, 5.41) is 0.810. The van der Waals surface area contributed by atoms with Crippen LogP contribution in [0.3, 0.4) is 0 Å². The van der Waals surface area contributed by atoms with E-state index in [9.17, 15) is 18.0 Å². The monoisotopic (exact) mass is 412 g/mol. The zero-order valence-electron chi connectivity index (χ0n) is 14.5. The number of aryl methyl sites for hydroxylation is 1. The lowest BCUT2D eigenvalue weighted by Gasteiger charge is -2.19. The third-order valence-electron chi connectivity index (χ3n) is 3.31. The third-order valence-corrected chi connectivity index (χ3v) is 5.47. The van der Waals surface area contributed by atoms with Crippen LogP contribution in [-0.4, -0.2) is 54.7 Å². The molecule has 1 aliphatic rings. The third kappa shape index (κ3) is 4.86. The summed E-state index contributed by atoms with van der Waals surface area (Å²) in [6.45, 7) is 1.65. The van der Waals surface area contributed by atoms with Crippen molar-refractivity contribution in [3.8, 4) is 5.88 Å². The van der Waals surface area contributed by atoms with Gasteiger partial charge in [-0.25, -0.2) is 27.7 Å². The molecule has 1 aliphatic carbocycles. The fourth-order valence-electron chi connectivity index (χ4n) is 2.12. The Hall–Kier alpha value is -2.86. The van der Waals surface area contributed by atoms with E-state index in [0.717, 1.165) is 7.11 Å². The number of ether oxygens (including phenoxy) is 2. The Morgan fingerprint density at radius 3 is 2.59 bits per heavy atom. The molecule has 0 saturated heterocycles. The molecule has 0 aliphatic heterocycles. The first-order valence-corrected chi connectivity index (χ1v) is 9.36. The molecule has 10 nitrogen and oxygen atoms in total. The van der Waals surface area contributed by atoms with Crippen LogP contribution in [0, 0.1) is 6.92 Å². The molecular weight excluding hydrogens is 396 g/mol. The Morgan fingerprint density at radius 1 is 1.26 bits per heavy atom. The number of nitrogens with zero attached hydrogens (tertiary/aromatic N) is 2. The largest absolute Gasteiger partial charge is 0.481 e. The van der Waals surface area contributed by atoms with Gasteiger partial charge in [-0.15, -0.1) is 0 Å². The van der Waals surface area contributed by atoms with Crippen LogP contribution in [0.5, 0.6) is 5.88 Å². The van der Waals surface area contributed by atoms with E-state index in [4.69, 9.17) is 17.0 Å². The number of amides is 2. The molecule has 27 heavy (non-hydrogen) atoms. The van der Waals surface area contributed by atoms with E-state index in [-0.39, 0.29) is 22.3 Å². The predicted octanol–water partition coefficient (Wildman–Crippen LogP) is 0.653. The lowest BCUT2D eigenvalue weighted by molar-refractivity contribution is -0.135. The summed E-state index contributed by atoms with van der Waals surface area (Å²) in [6, 6.07) is 0.444. The van der Waals surface area contributed by atoms with Crippen LogP contribution in [0.25, 0.3) is 0 Å². The first-order valence-electron chi connectivity index (χ1n) is 7.41. The summed E-state index contributed by atoms with van der Waals surface area (Å²) in [7, 11) is -1.74. The summed E-state index contributed by atoms with van der Waals surface area (Å²) in [5.41, 5.74) is 0.432. The van der Waals surface area contributed by atoms with Gasteiger partial charge in [0.15, 0.2) is 0 Å². The standard InChI is InChI=1S/C15H16N4O6S2/c1-8-7-11(24-2)17-14(16-8)18-15(21)19-27(22,23)10-6-4-5-9(12(10)26)13(20)25-3/h4-7,10H,1-3H3,(H2,16,17,18,19,21). The smallest absolute Gasteiger partial charge is 0.339 e. The Kier molecular flexibility index (Phi) is 6.23. The molecule has 12 heteroatoms. The number of anilines is 1. The highest BCUT2D eigenvalue weighted by Crippen LogP contribution is 2.18. The number of carbonyl (C=O) groups excluding carboxylic acids is 2. The number of methoxy groups -OCH3 is 2. The van der Waals surface area contributed by atoms with Gasteiger partial charge >= 0.3 is 12.0 Å². The number of sulfonamides is 1. The van der Waals surface area contributed by atoms with Crippen molar-refractivity contribution in [1.29, 1.82) is 0 Å². The summed E-state index contributed by atoms with van der Waals surface area (Å²) in [6.07, 6.45) is 3.93. The Morgan fingerprint density at radius 2 is 1.96 bits per heavy atom. The molecule has 1 aromatic heterocycles. The zero-order chi connectivity index (χ0) is 20.2. The van der Waals surface area contributed by atoms with Gasteiger partial charge in [-0.05, 0) is 13.0 Å². The minimum atomic E-state index is -4.28. The Bertz CT molecular complexity index is 955. The Labute approximate surface area is 160 Å². The molecule has 0 spiro atoms. The first-order chi connectivity index (χ1) is 12.7. The van der Waals surface area contributed by atoms with Crippen molar-refractivity contribution in [3.05, 3.63) is 35.6 Å². The molecule has 1 heterocycles. The van der Waals surface area contributed by atoms with E-state index in [1.54, 1.807) is 6.92 Å². The topological polar surface area (TPSA) is 137 Å². The number of esters is 1. The molecule has 0 bridgehead atoms. The number of aromatic nitrogens is 2. The van der Waals surface area contributed by atoms with E-state index in [1.807, 2.05) is 4.72 Å². The van der Waals surface area contributed by atoms with E-state index < -0.39 is 27.3 Å². The van der Waals surface area contributed by atoms with Crippen molar-refractivity contribution in [1.82, 2.24) is 14.7 Å². The highest BCUT2D eigenvalue weighted by atomic mass is 32.2. The average molecular weight is 412 g/mol. The van der Waals surface area contributed by atoms with Crippen LogP contribution >= 0.6 is 12.2 Å². The van der Waals surface area contributed by atoms with Crippen molar-refractivity contribution >= 4 is 45.1 Å².